The van der Waals surface area contributed by atoms with Crippen LogP contribution in [0.3, 0.4) is 0 Å². The standard InChI is InChI=1S/C21H29BrO3/c1-3-24-21-18-13-9-8-12-17(18)19(16-20(21)23-2)25-15-11-7-5-4-6-10-14-22/h8-9,12-13,16H,3-7,10-11,14-15H2,1-2H3. The van der Waals surface area contributed by atoms with Crippen molar-refractivity contribution in [3.8, 4) is 17.2 Å². The minimum absolute atomic E-state index is 0.607. The number of hydrogen-bond donors (Lipinski definition) is 0. The van der Waals surface area contributed by atoms with Crippen LogP contribution in [-0.4, -0.2) is 25.7 Å². The highest BCUT2D eigenvalue weighted by molar-refractivity contribution is 9.09. The Labute approximate surface area is 159 Å². The van der Waals surface area contributed by atoms with E-state index in [1.165, 1.54) is 32.1 Å². The molecule has 0 atom stereocenters. The lowest BCUT2D eigenvalue weighted by atomic mass is 10.1. The zero-order valence-electron chi connectivity index (χ0n) is 15.4. The van der Waals surface area contributed by atoms with Gasteiger partial charge in [-0.1, -0.05) is 65.9 Å². The van der Waals surface area contributed by atoms with Gasteiger partial charge in [-0.25, -0.2) is 0 Å². The highest BCUT2D eigenvalue weighted by Gasteiger charge is 2.14. The van der Waals surface area contributed by atoms with E-state index in [1.54, 1.807) is 7.11 Å². The summed E-state index contributed by atoms with van der Waals surface area (Å²) in [5, 5.41) is 3.22. The molecule has 0 unspecified atom stereocenters. The summed E-state index contributed by atoms with van der Waals surface area (Å²) in [5.74, 6) is 2.39. The maximum Gasteiger partial charge on any atom is 0.169 e. The van der Waals surface area contributed by atoms with E-state index in [9.17, 15) is 0 Å². The second-order valence-electron chi connectivity index (χ2n) is 6.04. The minimum Gasteiger partial charge on any atom is -0.493 e. The third-order valence-corrected chi connectivity index (χ3v) is 4.78. The average molecular weight is 409 g/mol. The Morgan fingerprint density at radius 2 is 1.52 bits per heavy atom. The predicted octanol–water partition coefficient (Wildman–Crippen LogP) is 6.36. The number of fused-ring (bicyclic) bond motifs is 1. The monoisotopic (exact) mass is 408 g/mol. The number of ether oxygens (including phenoxy) is 3. The summed E-state index contributed by atoms with van der Waals surface area (Å²) in [6.07, 6.45) is 7.48. The van der Waals surface area contributed by atoms with E-state index in [0.29, 0.717) is 6.61 Å². The summed E-state index contributed by atoms with van der Waals surface area (Å²) in [6, 6.07) is 10.1. The van der Waals surface area contributed by atoms with Gasteiger partial charge in [0.25, 0.3) is 0 Å². The maximum atomic E-state index is 6.08. The Balaban J connectivity index is 2.00. The van der Waals surface area contributed by atoms with E-state index in [2.05, 4.69) is 28.1 Å². The highest BCUT2D eigenvalue weighted by atomic mass is 79.9. The molecule has 3 nitrogen and oxygen atoms in total. The van der Waals surface area contributed by atoms with Crippen molar-refractivity contribution in [2.45, 2.75) is 45.4 Å². The van der Waals surface area contributed by atoms with Crippen molar-refractivity contribution in [2.75, 3.05) is 25.7 Å². The third kappa shape index (κ3) is 5.81. The fraction of sp³-hybridized carbons (Fsp3) is 0.524. The van der Waals surface area contributed by atoms with Crippen LogP contribution in [0, 0.1) is 0 Å². The van der Waals surface area contributed by atoms with Crippen LogP contribution in [0.5, 0.6) is 17.2 Å². The zero-order chi connectivity index (χ0) is 17.9. The van der Waals surface area contributed by atoms with Gasteiger partial charge in [-0.05, 0) is 19.8 Å². The third-order valence-electron chi connectivity index (χ3n) is 4.22. The van der Waals surface area contributed by atoms with Gasteiger partial charge in [0, 0.05) is 22.2 Å². The van der Waals surface area contributed by atoms with Crippen molar-refractivity contribution in [3.05, 3.63) is 30.3 Å². The van der Waals surface area contributed by atoms with Gasteiger partial charge in [-0.3, -0.25) is 0 Å². The van der Waals surface area contributed by atoms with Crippen LogP contribution in [0.15, 0.2) is 30.3 Å². The topological polar surface area (TPSA) is 27.7 Å². The molecule has 0 saturated carbocycles. The lowest BCUT2D eigenvalue weighted by Gasteiger charge is -2.16. The molecule has 2 rings (SSSR count). The molecule has 2 aromatic rings. The first-order chi connectivity index (χ1) is 12.3. The van der Waals surface area contributed by atoms with E-state index in [0.717, 1.165) is 46.4 Å². The molecule has 25 heavy (non-hydrogen) atoms. The second-order valence-corrected chi connectivity index (χ2v) is 6.84. The molecule has 0 aliphatic rings. The number of halogens is 1. The Hall–Kier alpha value is -1.42. The zero-order valence-corrected chi connectivity index (χ0v) is 16.9. The molecule has 4 heteroatoms. The summed E-state index contributed by atoms with van der Waals surface area (Å²) in [4.78, 5) is 0. The van der Waals surface area contributed by atoms with Gasteiger partial charge >= 0.3 is 0 Å². The van der Waals surface area contributed by atoms with Crippen LogP contribution in [-0.2, 0) is 0 Å². The minimum atomic E-state index is 0.607. The lowest BCUT2D eigenvalue weighted by Crippen LogP contribution is -2.01. The first-order valence-corrected chi connectivity index (χ1v) is 10.3. The Bertz CT molecular complexity index is 642. The number of rotatable bonds is 12. The van der Waals surface area contributed by atoms with Gasteiger partial charge in [-0.15, -0.1) is 0 Å². The maximum absolute atomic E-state index is 6.08. The molecule has 0 aromatic heterocycles. The normalized spacial score (nSPS) is 10.8. The second kappa shape index (κ2) is 11.2. The molecule has 0 radical (unpaired) electrons. The van der Waals surface area contributed by atoms with Crippen molar-refractivity contribution < 1.29 is 14.2 Å². The van der Waals surface area contributed by atoms with E-state index in [4.69, 9.17) is 14.2 Å². The molecule has 0 fully saturated rings. The fourth-order valence-electron chi connectivity index (χ4n) is 2.94. The molecule has 0 aliphatic heterocycles. The smallest absolute Gasteiger partial charge is 0.169 e. The fourth-order valence-corrected chi connectivity index (χ4v) is 3.34. The molecule has 0 bridgehead atoms. The lowest BCUT2D eigenvalue weighted by molar-refractivity contribution is 0.297. The van der Waals surface area contributed by atoms with Crippen LogP contribution in [0.2, 0.25) is 0 Å². The average Bonchev–Trinajstić information content (AvgIpc) is 2.65. The van der Waals surface area contributed by atoms with E-state index < -0.39 is 0 Å². The number of alkyl halides is 1. The van der Waals surface area contributed by atoms with Gasteiger partial charge in [0.1, 0.15) is 5.75 Å². The van der Waals surface area contributed by atoms with Crippen molar-refractivity contribution in [1.29, 1.82) is 0 Å². The summed E-state index contributed by atoms with van der Waals surface area (Å²) in [5.41, 5.74) is 0. The first kappa shape index (κ1) is 19.9. The number of benzene rings is 2. The summed E-state index contributed by atoms with van der Waals surface area (Å²) in [6.45, 7) is 3.33. The Morgan fingerprint density at radius 1 is 0.840 bits per heavy atom. The van der Waals surface area contributed by atoms with Crippen molar-refractivity contribution in [2.24, 2.45) is 0 Å². The molecule has 0 saturated heterocycles. The largest absolute Gasteiger partial charge is 0.493 e. The molecule has 0 amide bonds. The van der Waals surface area contributed by atoms with Gasteiger partial charge < -0.3 is 14.2 Å². The van der Waals surface area contributed by atoms with Gasteiger partial charge in [0.15, 0.2) is 11.5 Å². The van der Waals surface area contributed by atoms with E-state index >= 15 is 0 Å². The molecule has 0 spiro atoms. The van der Waals surface area contributed by atoms with Crippen LogP contribution < -0.4 is 14.2 Å². The van der Waals surface area contributed by atoms with E-state index in [-0.39, 0.29) is 0 Å². The van der Waals surface area contributed by atoms with Gasteiger partial charge in [0.05, 0.1) is 20.3 Å². The van der Waals surface area contributed by atoms with Gasteiger partial charge in [0.2, 0.25) is 0 Å². The molecule has 2 aromatic carbocycles. The van der Waals surface area contributed by atoms with Crippen LogP contribution >= 0.6 is 15.9 Å². The molecular weight excluding hydrogens is 380 g/mol. The SMILES string of the molecule is CCOc1c(OC)cc(OCCCCCCCCBr)c2ccccc12. The molecular formula is C21H29BrO3. The Morgan fingerprint density at radius 3 is 2.20 bits per heavy atom. The van der Waals surface area contributed by atoms with Crippen molar-refractivity contribution in [3.63, 3.8) is 0 Å². The van der Waals surface area contributed by atoms with E-state index in [1.807, 2.05) is 25.1 Å². The number of hydrogen-bond acceptors (Lipinski definition) is 3. The first-order valence-electron chi connectivity index (χ1n) is 9.23. The molecule has 0 N–H and O–H groups in total. The summed E-state index contributed by atoms with van der Waals surface area (Å²) < 4.78 is 17.4. The summed E-state index contributed by atoms with van der Waals surface area (Å²) in [7, 11) is 1.67. The molecule has 0 aliphatic carbocycles. The van der Waals surface area contributed by atoms with Crippen LogP contribution in [0.1, 0.15) is 45.4 Å². The highest BCUT2D eigenvalue weighted by Crippen LogP contribution is 2.41. The predicted molar refractivity (Wildman–Crippen MR) is 109 cm³/mol. The van der Waals surface area contributed by atoms with Crippen molar-refractivity contribution >= 4 is 26.7 Å². The molecule has 138 valence electrons. The van der Waals surface area contributed by atoms with Gasteiger partial charge in [-0.2, -0.15) is 0 Å². The van der Waals surface area contributed by atoms with Crippen LogP contribution in [0.4, 0.5) is 0 Å². The summed E-state index contributed by atoms with van der Waals surface area (Å²) >= 11 is 3.48. The number of methoxy groups -OCH3 is 1. The number of unbranched alkanes of at least 4 members (excludes halogenated alkanes) is 5. The quantitative estimate of drug-likeness (QED) is 0.302. The van der Waals surface area contributed by atoms with Crippen LogP contribution in [0.25, 0.3) is 10.8 Å². The molecule has 0 heterocycles. The Kier molecular flexibility index (Phi) is 8.95. The van der Waals surface area contributed by atoms with Crippen molar-refractivity contribution in [1.82, 2.24) is 0 Å².